The number of hydrogen-bond acceptors (Lipinski definition) is 3. The second-order valence-corrected chi connectivity index (χ2v) is 19.7. The summed E-state index contributed by atoms with van der Waals surface area (Å²) in [7, 11) is 0. The molecule has 0 radical (unpaired) electrons. The minimum atomic E-state index is -0.874. The summed E-state index contributed by atoms with van der Waals surface area (Å²) >= 11 is 0. The van der Waals surface area contributed by atoms with Crippen molar-refractivity contribution < 1.29 is 15.0 Å². The molecule has 0 aliphatic carbocycles. The van der Waals surface area contributed by atoms with Gasteiger partial charge in [0.2, 0.25) is 5.91 Å². The number of carbonyl (C=O) groups is 1. The van der Waals surface area contributed by atoms with Crippen molar-refractivity contribution >= 4 is 5.91 Å². The van der Waals surface area contributed by atoms with Crippen molar-refractivity contribution in [2.45, 2.75) is 296 Å². The fourth-order valence-corrected chi connectivity index (χ4v) is 8.61. The van der Waals surface area contributed by atoms with Gasteiger partial charge >= 0.3 is 0 Å². The summed E-state index contributed by atoms with van der Waals surface area (Å²) in [6.07, 6.45) is 87.2. The fourth-order valence-electron chi connectivity index (χ4n) is 8.61. The van der Waals surface area contributed by atoms with Crippen LogP contribution in [0.25, 0.3) is 0 Å². The van der Waals surface area contributed by atoms with Gasteiger partial charge < -0.3 is 15.5 Å². The fraction of sp³-hybridized carbons (Fsp3) is 0.734. The SMILES string of the molecule is CC/C=C\C/C=C\C/C=C\C/C=C\C/C=C\C/C=C\CCCCCCCCCCC(=O)NC(CO)C(O)/C=C/CC/C=C/CCCCCCCCCCCCCCCCCCCCCCCCC. The Labute approximate surface area is 424 Å². The summed E-state index contributed by atoms with van der Waals surface area (Å²) in [4.78, 5) is 12.5. The maximum absolute atomic E-state index is 12.5. The first-order chi connectivity index (χ1) is 33.7. The van der Waals surface area contributed by atoms with Gasteiger partial charge in [0.15, 0.2) is 0 Å². The van der Waals surface area contributed by atoms with Gasteiger partial charge in [-0.2, -0.15) is 0 Å². The molecule has 4 nitrogen and oxygen atoms in total. The first-order valence-corrected chi connectivity index (χ1v) is 29.5. The molecule has 0 fully saturated rings. The van der Waals surface area contributed by atoms with Crippen molar-refractivity contribution in [3.05, 3.63) is 97.2 Å². The molecule has 3 N–H and O–H groups in total. The van der Waals surface area contributed by atoms with Gasteiger partial charge in [0.05, 0.1) is 18.8 Å². The van der Waals surface area contributed by atoms with Crippen LogP contribution in [0.4, 0.5) is 0 Å². The molecular weight excluding hydrogens is 831 g/mol. The van der Waals surface area contributed by atoms with Crippen molar-refractivity contribution in [2.75, 3.05) is 6.61 Å². The highest BCUT2D eigenvalue weighted by Gasteiger charge is 2.18. The summed E-state index contributed by atoms with van der Waals surface area (Å²) in [5.74, 6) is -0.0839. The molecule has 0 aromatic carbocycles. The summed E-state index contributed by atoms with van der Waals surface area (Å²) in [5, 5.41) is 23.2. The van der Waals surface area contributed by atoms with Gasteiger partial charge in [-0.25, -0.2) is 0 Å². The van der Waals surface area contributed by atoms with Gasteiger partial charge in [0.1, 0.15) is 0 Å². The summed E-state index contributed by atoms with van der Waals surface area (Å²) < 4.78 is 0. The Morgan fingerprint density at radius 3 is 1.03 bits per heavy atom. The van der Waals surface area contributed by atoms with Gasteiger partial charge in [-0.15, -0.1) is 0 Å². The molecule has 1 amide bonds. The van der Waals surface area contributed by atoms with Crippen LogP contribution in [0.15, 0.2) is 97.2 Å². The van der Waals surface area contributed by atoms with Gasteiger partial charge in [0.25, 0.3) is 0 Å². The van der Waals surface area contributed by atoms with Crippen molar-refractivity contribution in [2.24, 2.45) is 0 Å². The van der Waals surface area contributed by atoms with Crippen LogP contribution < -0.4 is 5.32 Å². The standard InChI is InChI=1S/C64H113NO3/c1-3-5-7-9-11-13-15-17-19-21-23-25-27-29-31-32-34-35-37-39-41-43-45-47-49-51-53-55-57-59-63(67)62(61-66)65-64(68)60-58-56-54-52-50-48-46-44-42-40-38-36-33-30-28-26-24-22-20-18-16-14-12-10-8-6-4-2/h6,8,12,14,18,20,24,26,30,33,38,40,49,51,57,59,62-63,66-67H,3-5,7,9-11,13,15-17,19,21-23,25,27-29,31-32,34-37,39,41-48,50,52-56,58,60-61H2,1-2H3,(H,65,68)/b8-6-,14-12-,20-18-,26-24-,33-30-,40-38-,51-49+,59-57+. The van der Waals surface area contributed by atoms with E-state index in [0.717, 1.165) is 83.5 Å². The molecule has 68 heavy (non-hydrogen) atoms. The third-order valence-corrected chi connectivity index (χ3v) is 13.1. The van der Waals surface area contributed by atoms with E-state index in [2.05, 4.69) is 104 Å². The van der Waals surface area contributed by atoms with Gasteiger partial charge in [-0.3, -0.25) is 4.79 Å². The van der Waals surface area contributed by atoms with E-state index in [9.17, 15) is 15.0 Å². The summed E-state index contributed by atoms with van der Waals surface area (Å²) in [6, 6.07) is -0.652. The second-order valence-electron chi connectivity index (χ2n) is 19.7. The van der Waals surface area contributed by atoms with Crippen molar-refractivity contribution in [3.63, 3.8) is 0 Å². The Morgan fingerprint density at radius 2 is 0.662 bits per heavy atom. The normalized spacial score (nSPS) is 13.5. The molecule has 0 spiro atoms. The molecule has 0 rings (SSSR count). The van der Waals surface area contributed by atoms with E-state index >= 15 is 0 Å². The third-order valence-electron chi connectivity index (χ3n) is 13.1. The molecule has 0 aromatic rings. The van der Waals surface area contributed by atoms with Crippen LogP contribution in [0.5, 0.6) is 0 Å². The molecule has 2 unspecified atom stereocenters. The van der Waals surface area contributed by atoms with Crippen LogP contribution in [0.2, 0.25) is 0 Å². The van der Waals surface area contributed by atoms with E-state index in [4.69, 9.17) is 0 Å². The molecule has 0 saturated carbocycles. The lowest BCUT2D eigenvalue weighted by Crippen LogP contribution is -2.45. The molecule has 0 saturated heterocycles. The zero-order valence-electron chi connectivity index (χ0n) is 45.1. The highest BCUT2D eigenvalue weighted by molar-refractivity contribution is 5.76. The smallest absolute Gasteiger partial charge is 0.220 e. The average molecular weight is 945 g/mol. The number of nitrogens with one attached hydrogen (secondary N) is 1. The van der Waals surface area contributed by atoms with Crippen LogP contribution in [-0.4, -0.2) is 34.9 Å². The number of carbonyl (C=O) groups excluding carboxylic acids is 1. The Morgan fingerprint density at radius 1 is 0.368 bits per heavy atom. The van der Waals surface area contributed by atoms with E-state index in [1.165, 1.54) is 180 Å². The number of aliphatic hydroxyl groups excluding tert-OH is 2. The topological polar surface area (TPSA) is 69.6 Å². The third kappa shape index (κ3) is 54.3. The number of amides is 1. The van der Waals surface area contributed by atoms with Crippen molar-refractivity contribution in [1.29, 1.82) is 0 Å². The molecule has 4 heteroatoms. The Bertz CT molecular complexity index is 1250. The van der Waals surface area contributed by atoms with E-state index in [1.807, 2.05) is 6.08 Å². The molecular formula is C64H113NO3. The monoisotopic (exact) mass is 944 g/mol. The van der Waals surface area contributed by atoms with Gasteiger partial charge in [-0.1, -0.05) is 291 Å². The minimum Gasteiger partial charge on any atom is -0.394 e. The Balaban J connectivity index is 3.58. The first-order valence-electron chi connectivity index (χ1n) is 29.5. The van der Waals surface area contributed by atoms with E-state index in [-0.39, 0.29) is 12.5 Å². The van der Waals surface area contributed by atoms with E-state index < -0.39 is 12.1 Å². The van der Waals surface area contributed by atoms with Crippen LogP contribution in [0.1, 0.15) is 284 Å². The maximum atomic E-state index is 12.5. The zero-order valence-corrected chi connectivity index (χ0v) is 45.1. The average Bonchev–Trinajstić information content (AvgIpc) is 3.34. The number of unbranched alkanes of at least 4 members (excludes halogenated alkanes) is 32. The number of aliphatic hydroxyl groups is 2. The maximum Gasteiger partial charge on any atom is 0.220 e. The lowest BCUT2D eigenvalue weighted by Gasteiger charge is -2.19. The predicted octanol–water partition coefficient (Wildman–Crippen LogP) is 19.7. The predicted molar refractivity (Wildman–Crippen MR) is 303 cm³/mol. The van der Waals surface area contributed by atoms with Crippen molar-refractivity contribution in [1.82, 2.24) is 5.32 Å². The molecule has 0 heterocycles. The second kappa shape index (κ2) is 58.6. The number of allylic oxidation sites excluding steroid dienone is 15. The lowest BCUT2D eigenvalue weighted by molar-refractivity contribution is -0.123. The summed E-state index contributed by atoms with van der Waals surface area (Å²) in [6.45, 7) is 4.20. The molecule has 2 atom stereocenters. The molecule has 0 bridgehead atoms. The molecule has 0 aliphatic rings. The molecule has 0 aromatic heterocycles. The number of rotatable bonds is 53. The number of hydrogen-bond donors (Lipinski definition) is 3. The largest absolute Gasteiger partial charge is 0.394 e. The highest BCUT2D eigenvalue weighted by Crippen LogP contribution is 2.16. The van der Waals surface area contributed by atoms with Crippen LogP contribution in [0, 0.1) is 0 Å². The van der Waals surface area contributed by atoms with E-state index in [1.54, 1.807) is 6.08 Å². The highest BCUT2D eigenvalue weighted by atomic mass is 16.3. The van der Waals surface area contributed by atoms with Gasteiger partial charge in [-0.05, 0) is 83.5 Å². The Kier molecular flexibility index (Phi) is 56.3. The van der Waals surface area contributed by atoms with Crippen LogP contribution in [0.3, 0.4) is 0 Å². The molecule has 0 aliphatic heterocycles. The minimum absolute atomic E-state index is 0.0839. The first kappa shape index (κ1) is 65.3. The van der Waals surface area contributed by atoms with Gasteiger partial charge in [0, 0.05) is 6.42 Å². The zero-order chi connectivity index (χ0) is 49.2. The molecule has 392 valence electrons. The lowest BCUT2D eigenvalue weighted by atomic mass is 10.0. The summed E-state index contributed by atoms with van der Waals surface area (Å²) in [5.41, 5.74) is 0. The van der Waals surface area contributed by atoms with Crippen molar-refractivity contribution in [3.8, 4) is 0 Å². The van der Waals surface area contributed by atoms with E-state index in [0.29, 0.717) is 6.42 Å². The Hall–Kier alpha value is -2.69. The van der Waals surface area contributed by atoms with Crippen LogP contribution in [-0.2, 0) is 4.79 Å². The quantitative estimate of drug-likeness (QED) is 0.0420. The van der Waals surface area contributed by atoms with Crippen LogP contribution >= 0.6 is 0 Å².